The Morgan fingerprint density at radius 1 is 1.29 bits per heavy atom. The SMILES string of the molecule is CN=CC(Nc1nc(Nc2cc(C)c(C3CCN(CCO)CC3)cc2OC2CC2)ncc1Cl)=C(N)S(=O)(=O)CC(C)C. The Hall–Kier alpha value is -2.93. The van der Waals surface area contributed by atoms with E-state index in [4.69, 9.17) is 22.1 Å². The van der Waals surface area contributed by atoms with Crippen LogP contribution in [0.25, 0.3) is 0 Å². The number of aliphatic hydroxyl groups excluding tert-OH is 1. The van der Waals surface area contributed by atoms with Gasteiger partial charge < -0.3 is 31.1 Å². The number of hydrogen-bond donors (Lipinski definition) is 4. The van der Waals surface area contributed by atoms with Crippen molar-refractivity contribution >= 4 is 45.1 Å². The summed E-state index contributed by atoms with van der Waals surface area (Å²) in [4.78, 5) is 15.1. The van der Waals surface area contributed by atoms with Crippen LogP contribution in [0.2, 0.25) is 5.02 Å². The number of halogens is 1. The monoisotopic (exact) mass is 619 g/mol. The molecule has 11 nitrogen and oxygen atoms in total. The van der Waals surface area contributed by atoms with E-state index in [-0.39, 0.29) is 51.9 Å². The molecule has 5 N–H and O–H groups in total. The van der Waals surface area contributed by atoms with Crippen LogP contribution in [0.3, 0.4) is 0 Å². The molecule has 2 aromatic rings. The number of nitrogens with one attached hydrogen (secondary N) is 2. The molecule has 0 atom stereocenters. The van der Waals surface area contributed by atoms with Crippen LogP contribution in [-0.4, -0.2) is 79.8 Å². The summed E-state index contributed by atoms with van der Waals surface area (Å²) in [7, 11) is -2.22. The third kappa shape index (κ3) is 8.33. The quantitative estimate of drug-likeness (QED) is 0.240. The molecule has 42 heavy (non-hydrogen) atoms. The number of likely N-dealkylation sites (tertiary alicyclic amines) is 1. The maximum absolute atomic E-state index is 12.8. The summed E-state index contributed by atoms with van der Waals surface area (Å²) in [5.41, 5.74) is 9.30. The minimum Gasteiger partial charge on any atom is -0.488 e. The van der Waals surface area contributed by atoms with Gasteiger partial charge in [-0.1, -0.05) is 25.4 Å². The summed E-state index contributed by atoms with van der Waals surface area (Å²) in [5, 5.41) is 15.4. The molecule has 2 fully saturated rings. The van der Waals surface area contributed by atoms with Crippen LogP contribution in [0, 0.1) is 12.8 Å². The molecule has 1 aliphatic heterocycles. The molecule has 230 valence electrons. The number of β-amino-alcohol motifs (C(OH)–C–C–N with tert-alkyl or cyclic N) is 1. The van der Waals surface area contributed by atoms with E-state index in [2.05, 4.69) is 49.6 Å². The van der Waals surface area contributed by atoms with E-state index >= 15 is 0 Å². The van der Waals surface area contributed by atoms with Gasteiger partial charge in [-0.2, -0.15) is 4.98 Å². The summed E-state index contributed by atoms with van der Waals surface area (Å²) < 4.78 is 31.9. The van der Waals surface area contributed by atoms with Crippen LogP contribution in [-0.2, 0) is 9.84 Å². The summed E-state index contributed by atoms with van der Waals surface area (Å²) in [6.45, 7) is 8.53. The Bertz CT molecular complexity index is 1420. The summed E-state index contributed by atoms with van der Waals surface area (Å²) >= 11 is 6.40. The molecule has 1 aliphatic carbocycles. The molecule has 1 saturated carbocycles. The molecule has 0 amide bonds. The Labute approximate surface area is 253 Å². The lowest BCUT2D eigenvalue weighted by molar-refractivity contribution is 0.164. The van der Waals surface area contributed by atoms with E-state index < -0.39 is 9.84 Å². The molecule has 0 unspecified atom stereocenters. The van der Waals surface area contributed by atoms with Crippen molar-refractivity contribution in [3.05, 3.63) is 45.2 Å². The Kier molecular flexibility index (Phi) is 10.7. The minimum atomic E-state index is -3.74. The number of piperidine rings is 1. The zero-order valence-corrected chi connectivity index (χ0v) is 26.3. The number of anilines is 3. The first-order valence-electron chi connectivity index (χ1n) is 14.4. The van der Waals surface area contributed by atoms with Crippen molar-refractivity contribution < 1.29 is 18.3 Å². The zero-order chi connectivity index (χ0) is 30.4. The number of aliphatic hydroxyl groups is 1. The van der Waals surface area contributed by atoms with Gasteiger partial charge in [-0.05, 0) is 80.8 Å². The molecular formula is C29H42ClN7O4S. The highest BCUT2D eigenvalue weighted by Crippen LogP contribution is 2.40. The molecule has 1 saturated heterocycles. The van der Waals surface area contributed by atoms with Crippen molar-refractivity contribution in [2.45, 2.75) is 58.5 Å². The number of ether oxygens (including phenoxy) is 1. The molecule has 0 spiro atoms. The van der Waals surface area contributed by atoms with Gasteiger partial charge in [-0.15, -0.1) is 0 Å². The molecule has 1 aromatic heterocycles. The van der Waals surface area contributed by atoms with Crippen LogP contribution in [0.15, 0.2) is 34.0 Å². The largest absolute Gasteiger partial charge is 0.488 e. The molecule has 4 rings (SSSR count). The first-order chi connectivity index (χ1) is 20.0. The molecule has 1 aromatic carbocycles. The number of nitrogens with zero attached hydrogens (tertiary/aromatic N) is 4. The van der Waals surface area contributed by atoms with Crippen molar-refractivity contribution in [3.8, 4) is 5.75 Å². The Morgan fingerprint density at radius 3 is 2.62 bits per heavy atom. The molecule has 13 heteroatoms. The van der Waals surface area contributed by atoms with Gasteiger partial charge in [0.05, 0.1) is 36.0 Å². The lowest BCUT2D eigenvalue weighted by Gasteiger charge is -2.32. The summed E-state index contributed by atoms with van der Waals surface area (Å²) in [6.07, 6.45) is 7.04. The summed E-state index contributed by atoms with van der Waals surface area (Å²) in [6, 6.07) is 4.19. The highest BCUT2D eigenvalue weighted by atomic mass is 35.5. The topological polar surface area (TPSA) is 155 Å². The molecular weight excluding hydrogens is 578 g/mol. The number of hydrogen-bond acceptors (Lipinski definition) is 11. The Morgan fingerprint density at radius 2 is 2.00 bits per heavy atom. The maximum Gasteiger partial charge on any atom is 0.229 e. The van der Waals surface area contributed by atoms with Gasteiger partial charge >= 0.3 is 0 Å². The number of aliphatic imine (C=N–C) groups is 1. The van der Waals surface area contributed by atoms with Gasteiger partial charge in [0.2, 0.25) is 5.95 Å². The lowest BCUT2D eigenvalue weighted by Crippen LogP contribution is -2.35. The minimum absolute atomic E-state index is 0.0766. The molecule has 2 heterocycles. The fourth-order valence-electron chi connectivity index (χ4n) is 5.06. The Balaban J connectivity index is 1.60. The smallest absolute Gasteiger partial charge is 0.229 e. The molecule has 2 aliphatic rings. The number of aromatic nitrogens is 2. The van der Waals surface area contributed by atoms with Crippen LogP contribution >= 0.6 is 11.6 Å². The highest BCUT2D eigenvalue weighted by molar-refractivity contribution is 7.95. The van der Waals surface area contributed by atoms with E-state index in [1.807, 2.05) is 13.8 Å². The van der Waals surface area contributed by atoms with E-state index in [9.17, 15) is 13.5 Å². The van der Waals surface area contributed by atoms with Crippen molar-refractivity contribution in [3.63, 3.8) is 0 Å². The molecule has 0 radical (unpaired) electrons. The lowest BCUT2D eigenvalue weighted by atomic mass is 9.86. The van der Waals surface area contributed by atoms with Crippen LogP contribution in [0.1, 0.15) is 56.6 Å². The van der Waals surface area contributed by atoms with Gasteiger partial charge in [0, 0.05) is 19.8 Å². The fourth-order valence-corrected chi connectivity index (χ4v) is 6.69. The number of nitrogens with two attached hydrogens (primary N) is 1. The number of sulfone groups is 1. The maximum atomic E-state index is 12.8. The number of allylic oxidation sites excluding steroid dienone is 1. The summed E-state index contributed by atoms with van der Waals surface area (Å²) in [5.74, 6) is 1.38. The second-order valence-corrected chi connectivity index (χ2v) is 13.8. The highest BCUT2D eigenvalue weighted by Gasteiger charge is 2.28. The van der Waals surface area contributed by atoms with E-state index in [1.165, 1.54) is 25.0 Å². The van der Waals surface area contributed by atoms with E-state index in [0.717, 1.165) is 55.8 Å². The standard InChI is InChI=1S/C29H42ClN7O4S/c1-18(2)17-42(39,40)27(31)25(16-32-4)34-28-23(30)15-33-29(36-28)35-24-13-19(3)22(14-26(24)41-21-5-6-21)20-7-9-37(10-8-20)11-12-38/h13-16,18,20-21,38H,5-12,17,31H2,1-4H3,(H2,33,34,35,36). The van der Waals surface area contributed by atoms with Gasteiger partial charge in [0.25, 0.3) is 0 Å². The molecule has 0 bridgehead atoms. The zero-order valence-electron chi connectivity index (χ0n) is 24.7. The second-order valence-electron chi connectivity index (χ2n) is 11.3. The van der Waals surface area contributed by atoms with Crippen LogP contribution in [0.5, 0.6) is 5.75 Å². The number of rotatable bonds is 13. The third-order valence-electron chi connectivity index (χ3n) is 7.29. The van der Waals surface area contributed by atoms with Gasteiger partial charge in [0.1, 0.15) is 10.8 Å². The average molecular weight is 620 g/mol. The second kappa shape index (κ2) is 14.0. The normalized spacial score (nSPS) is 17.5. The van der Waals surface area contributed by atoms with Crippen molar-refractivity contribution in [2.24, 2.45) is 16.6 Å². The van der Waals surface area contributed by atoms with Crippen LogP contribution < -0.4 is 21.1 Å². The van der Waals surface area contributed by atoms with Crippen molar-refractivity contribution in [1.82, 2.24) is 14.9 Å². The number of aryl methyl sites for hydroxylation is 1. The predicted molar refractivity (Wildman–Crippen MR) is 169 cm³/mol. The van der Waals surface area contributed by atoms with Gasteiger partial charge in [-0.25, -0.2) is 13.4 Å². The van der Waals surface area contributed by atoms with Gasteiger partial charge in [-0.3, -0.25) is 4.99 Å². The van der Waals surface area contributed by atoms with Gasteiger partial charge in [0.15, 0.2) is 20.7 Å². The fraction of sp³-hybridized carbons (Fsp3) is 0.552. The first kappa shape index (κ1) is 32.0. The predicted octanol–water partition coefficient (Wildman–Crippen LogP) is 4.21. The van der Waals surface area contributed by atoms with E-state index in [0.29, 0.717) is 12.5 Å². The van der Waals surface area contributed by atoms with Crippen molar-refractivity contribution in [2.75, 3.05) is 49.7 Å². The third-order valence-corrected chi connectivity index (χ3v) is 9.56. The first-order valence-corrected chi connectivity index (χ1v) is 16.4. The van der Waals surface area contributed by atoms with Crippen molar-refractivity contribution in [1.29, 1.82) is 0 Å². The number of benzene rings is 1. The van der Waals surface area contributed by atoms with E-state index in [1.54, 1.807) is 0 Å². The van der Waals surface area contributed by atoms with Crippen LogP contribution in [0.4, 0.5) is 17.5 Å². The average Bonchev–Trinajstić information content (AvgIpc) is 3.75.